The Morgan fingerprint density at radius 3 is 2.21 bits per heavy atom. The van der Waals surface area contributed by atoms with Crippen LogP contribution in [0.1, 0.15) is 29.8 Å². The lowest BCUT2D eigenvalue weighted by Crippen LogP contribution is -2.19. The van der Waals surface area contributed by atoms with Gasteiger partial charge in [0.1, 0.15) is 0 Å². The second-order valence-electron chi connectivity index (χ2n) is 3.92. The Morgan fingerprint density at radius 2 is 1.86 bits per heavy atom. The highest BCUT2D eigenvalue weighted by atomic mass is 32.1. The van der Waals surface area contributed by atoms with Crippen molar-refractivity contribution in [2.45, 2.75) is 19.3 Å². The van der Waals surface area contributed by atoms with Crippen LogP contribution in [-0.4, -0.2) is 16.8 Å². The number of rotatable bonds is 3. The van der Waals surface area contributed by atoms with Crippen molar-refractivity contribution in [3.8, 4) is 0 Å². The lowest BCUT2D eigenvalue weighted by Gasteiger charge is -2.22. The number of carboxylic acid groups (broad SMARTS) is 1. The maximum Gasteiger partial charge on any atom is 0.335 e. The van der Waals surface area contributed by atoms with Crippen LogP contribution in [0.2, 0.25) is 0 Å². The number of aromatic carboxylic acids is 1. The van der Waals surface area contributed by atoms with E-state index in [1.807, 2.05) is 12.1 Å². The molecule has 0 aliphatic carbocycles. The zero-order valence-electron chi connectivity index (χ0n) is 8.32. The summed E-state index contributed by atoms with van der Waals surface area (Å²) in [6.07, 6.45) is 0. The minimum atomic E-state index is -0.889. The Balaban J connectivity index is 2.99. The molecule has 2 nitrogen and oxygen atoms in total. The Morgan fingerprint density at radius 1 is 1.36 bits per heavy atom. The van der Waals surface area contributed by atoms with Crippen molar-refractivity contribution in [2.24, 2.45) is 0 Å². The van der Waals surface area contributed by atoms with Crippen LogP contribution >= 0.6 is 12.6 Å². The van der Waals surface area contributed by atoms with E-state index in [0.29, 0.717) is 5.56 Å². The number of hydrogen-bond donors (Lipinski definition) is 2. The summed E-state index contributed by atoms with van der Waals surface area (Å²) in [6.45, 7) is 4.16. The standard InChI is InChI=1S/C11H14O2S/c1-11(2,7-14)9-5-3-8(4-6-9)10(12)13/h3-6,14H,7H2,1-2H3,(H,12,13). The van der Waals surface area contributed by atoms with Crippen LogP contribution in [0.15, 0.2) is 24.3 Å². The predicted octanol–water partition coefficient (Wildman–Crippen LogP) is 2.59. The van der Waals surface area contributed by atoms with Crippen molar-refractivity contribution in [1.82, 2.24) is 0 Å². The quantitative estimate of drug-likeness (QED) is 0.752. The van der Waals surface area contributed by atoms with Gasteiger partial charge in [0.05, 0.1) is 5.56 Å². The van der Waals surface area contributed by atoms with Crippen molar-refractivity contribution in [1.29, 1.82) is 0 Å². The molecule has 0 aromatic heterocycles. The molecule has 1 N–H and O–H groups in total. The Bertz CT molecular complexity index is 328. The van der Waals surface area contributed by atoms with Crippen molar-refractivity contribution >= 4 is 18.6 Å². The monoisotopic (exact) mass is 210 g/mol. The largest absolute Gasteiger partial charge is 0.478 e. The number of hydrogen-bond acceptors (Lipinski definition) is 2. The van der Waals surface area contributed by atoms with Crippen molar-refractivity contribution in [2.75, 3.05) is 5.75 Å². The van der Waals surface area contributed by atoms with Gasteiger partial charge in [-0.2, -0.15) is 12.6 Å². The first-order valence-electron chi connectivity index (χ1n) is 4.42. The fourth-order valence-electron chi connectivity index (χ4n) is 1.16. The van der Waals surface area contributed by atoms with Crippen LogP contribution in [0.3, 0.4) is 0 Å². The lowest BCUT2D eigenvalue weighted by molar-refractivity contribution is 0.0697. The van der Waals surface area contributed by atoms with Crippen LogP contribution in [-0.2, 0) is 5.41 Å². The molecule has 14 heavy (non-hydrogen) atoms. The molecule has 0 fully saturated rings. The zero-order chi connectivity index (χ0) is 10.8. The van der Waals surface area contributed by atoms with Crippen LogP contribution in [0.5, 0.6) is 0 Å². The Hall–Kier alpha value is -0.960. The van der Waals surface area contributed by atoms with Crippen molar-refractivity contribution in [3.63, 3.8) is 0 Å². The molecule has 0 aliphatic rings. The van der Waals surface area contributed by atoms with E-state index >= 15 is 0 Å². The minimum absolute atomic E-state index is 0.0137. The summed E-state index contributed by atoms with van der Waals surface area (Å²) in [7, 11) is 0. The summed E-state index contributed by atoms with van der Waals surface area (Å²) < 4.78 is 0. The summed E-state index contributed by atoms with van der Waals surface area (Å²) in [5, 5.41) is 8.72. The first-order chi connectivity index (χ1) is 6.47. The first kappa shape index (κ1) is 11.1. The van der Waals surface area contributed by atoms with E-state index in [2.05, 4.69) is 26.5 Å². The van der Waals surface area contributed by atoms with Gasteiger partial charge in [-0.1, -0.05) is 26.0 Å². The highest BCUT2D eigenvalue weighted by molar-refractivity contribution is 7.80. The second kappa shape index (κ2) is 4.05. The van der Waals surface area contributed by atoms with E-state index < -0.39 is 5.97 Å². The van der Waals surface area contributed by atoms with Crippen molar-refractivity contribution in [3.05, 3.63) is 35.4 Å². The van der Waals surface area contributed by atoms with Crippen molar-refractivity contribution < 1.29 is 9.90 Å². The van der Waals surface area contributed by atoms with Gasteiger partial charge in [0, 0.05) is 0 Å². The molecule has 0 atom stereocenters. The normalized spacial score (nSPS) is 11.4. The molecule has 0 bridgehead atoms. The molecule has 0 unspecified atom stereocenters. The molecule has 0 amide bonds. The van der Waals surface area contributed by atoms with E-state index in [1.165, 1.54) is 0 Å². The highest BCUT2D eigenvalue weighted by Gasteiger charge is 2.18. The third kappa shape index (κ3) is 2.29. The molecule has 1 aromatic carbocycles. The summed E-state index contributed by atoms with van der Waals surface area (Å²) in [5.41, 5.74) is 1.42. The molecule has 1 aromatic rings. The van der Waals surface area contributed by atoms with E-state index in [1.54, 1.807) is 12.1 Å². The molecule has 3 heteroatoms. The molecule has 1 rings (SSSR count). The fraction of sp³-hybridized carbons (Fsp3) is 0.364. The van der Waals surface area contributed by atoms with E-state index in [-0.39, 0.29) is 5.41 Å². The number of carbonyl (C=O) groups is 1. The minimum Gasteiger partial charge on any atom is -0.478 e. The maximum absolute atomic E-state index is 10.6. The van der Waals surface area contributed by atoms with E-state index in [4.69, 9.17) is 5.11 Å². The molecular formula is C11H14O2S. The third-order valence-electron chi connectivity index (χ3n) is 2.31. The Labute approximate surface area is 89.4 Å². The van der Waals surface area contributed by atoms with E-state index in [9.17, 15) is 4.79 Å². The molecule has 0 spiro atoms. The van der Waals surface area contributed by atoms with Gasteiger partial charge in [-0.15, -0.1) is 0 Å². The van der Waals surface area contributed by atoms with Gasteiger partial charge >= 0.3 is 5.97 Å². The first-order valence-corrected chi connectivity index (χ1v) is 5.05. The molecule has 76 valence electrons. The van der Waals surface area contributed by atoms with E-state index in [0.717, 1.165) is 11.3 Å². The molecule has 0 saturated carbocycles. The second-order valence-corrected chi connectivity index (χ2v) is 4.24. The number of carboxylic acids is 1. The highest BCUT2D eigenvalue weighted by Crippen LogP contribution is 2.24. The predicted molar refractivity (Wildman–Crippen MR) is 60.3 cm³/mol. The summed E-state index contributed by atoms with van der Waals surface area (Å²) in [4.78, 5) is 10.6. The van der Waals surface area contributed by atoms with Gasteiger partial charge in [0.15, 0.2) is 0 Å². The van der Waals surface area contributed by atoms with Crippen LogP contribution in [0.4, 0.5) is 0 Å². The summed E-state index contributed by atoms with van der Waals surface area (Å²) in [5.74, 6) is -0.153. The summed E-state index contributed by atoms with van der Waals surface area (Å²) in [6, 6.07) is 6.95. The molecule has 0 radical (unpaired) electrons. The van der Waals surface area contributed by atoms with Gasteiger partial charge in [0.2, 0.25) is 0 Å². The molecule has 0 saturated heterocycles. The smallest absolute Gasteiger partial charge is 0.335 e. The average molecular weight is 210 g/mol. The number of benzene rings is 1. The van der Waals surface area contributed by atoms with Gasteiger partial charge in [-0.3, -0.25) is 0 Å². The maximum atomic E-state index is 10.6. The SMILES string of the molecule is CC(C)(CS)c1ccc(C(=O)O)cc1. The molecule has 0 heterocycles. The summed E-state index contributed by atoms with van der Waals surface area (Å²) >= 11 is 4.26. The van der Waals surface area contributed by atoms with Crippen LogP contribution < -0.4 is 0 Å². The third-order valence-corrected chi connectivity index (χ3v) is 3.10. The topological polar surface area (TPSA) is 37.3 Å². The van der Waals surface area contributed by atoms with Gasteiger partial charge < -0.3 is 5.11 Å². The van der Waals surface area contributed by atoms with Crippen LogP contribution in [0, 0.1) is 0 Å². The van der Waals surface area contributed by atoms with Gasteiger partial charge in [-0.05, 0) is 28.9 Å². The van der Waals surface area contributed by atoms with Gasteiger partial charge in [0.25, 0.3) is 0 Å². The lowest BCUT2D eigenvalue weighted by atomic mass is 9.86. The Kier molecular flexibility index (Phi) is 3.21. The number of thiol groups is 1. The fourth-order valence-corrected chi connectivity index (χ4v) is 1.34. The molecular weight excluding hydrogens is 196 g/mol. The van der Waals surface area contributed by atoms with Gasteiger partial charge in [-0.25, -0.2) is 4.79 Å². The van der Waals surface area contributed by atoms with Crippen LogP contribution in [0.25, 0.3) is 0 Å². The zero-order valence-corrected chi connectivity index (χ0v) is 9.21. The molecule has 0 aliphatic heterocycles. The average Bonchev–Trinajstić information content (AvgIpc) is 2.18.